The number of unbranched alkanes of at least 4 members (excludes halogenated alkanes) is 1. The third kappa shape index (κ3) is 10.4. The molecular formula is C6H6F3IS. The Morgan fingerprint density at radius 2 is 2.00 bits per heavy atom. The van der Waals surface area contributed by atoms with E-state index in [-0.39, 0.29) is 11.8 Å². The summed E-state index contributed by atoms with van der Waals surface area (Å²) in [5, 5.41) is 2.00. The zero-order chi connectivity index (χ0) is 8.74. The van der Waals surface area contributed by atoms with E-state index in [1.807, 2.05) is 5.25 Å². The van der Waals surface area contributed by atoms with Crippen LogP contribution in [0.2, 0.25) is 0 Å². The Labute approximate surface area is 81.4 Å². The van der Waals surface area contributed by atoms with Gasteiger partial charge in [0.2, 0.25) is 0 Å². The third-order valence-corrected chi connectivity index (χ3v) is 1.91. The van der Waals surface area contributed by atoms with Crippen molar-refractivity contribution in [3.05, 3.63) is 0 Å². The van der Waals surface area contributed by atoms with Crippen LogP contribution in [0.1, 0.15) is 12.8 Å². The van der Waals surface area contributed by atoms with Gasteiger partial charge in [0.05, 0.1) is 0 Å². The summed E-state index contributed by atoms with van der Waals surface area (Å²) in [5.74, 6) is 2.43. The van der Waals surface area contributed by atoms with Crippen LogP contribution in [0.4, 0.5) is 13.2 Å². The Morgan fingerprint density at radius 3 is 2.45 bits per heavy atom. The highest BCUT2D eigenvalue weighted by molar-refractivity contribution is 14.1. The molecule has 0 fully saturated rings. The molecule has 0 aromatic rings. The van der Waals surface area contributed by atoms with Crippen LogP contribution in [0.25, 0.3) is 0 Å². The largest absolute Gasteiger partial charge is 0.453 e. The molecule has 0 aliphatic rings. The molecule has 0 N–H and O–H groups in total. The van der Waals surface area contributed by atoms with Crippen molar-refractivity contribution in [1.29, 1.82) is 0 Å². The summed E-state index contributed by atoms with van der Waals surface area (Å²) in [4.78, 5) is 0. The SMILES string of the molecule is FC(F)(F)SC#CCCCI. The van der Waals surface area contributed by atoms with Crippen molar-refractivity contribution in [1.82, 2.24) is 0 Å². The fraction of sp³-hybridized carbons (Fsp3) is 0.667. The van der Waals surface area contributed by atoms with Crippen LogP contribution in [-0.4, -0.2) is 9.94 Å². The topological polar surface area (TPSA) is 0 Å². The van der Waals surface area contributed by atoms with Crippen molar-refractivity contribution in [2.75, 3.05) is 4.43 Å². The summed E-state index contributed by atoms with van der Waals surface area (Å²) in [6.45, 7) is 0. The second kappa shape index (κ2) is 6.00. The number of hydrogen-bond acceptors (Lipinski definition) is 1. The molecule has 0 aromatic heterocycles. The van der Waals surface area contributed by atoms with Crippen LogP contribution in [-0.2, 0) is 0 Å². The molecule has 64 valence electrons. The van der Waals surface area contributed by atoms with Gasteiger partial charge in [-0.25, -0.2) is 0 Å². The second-order valence-electron chi connectivity index (χ2n) is 1.62. The smallest absolute Gasteiger partial charge is 0.160 e. The summed E-state index contributed by atoms with van der Waals surface area (Å²) in [5.41, 5.74) is -4.21. The van der Waals surface area contributed by atoms with E-state index in [1.165, 1.54) is 0 Å². The maximum Gasteiger partial charge on any atom is 0.453 e. The molecule has 0 aromatic carbocycles. The van der Waals surface area contributed by atoms with Crippen LogP contribution >= 0.6 is 34.4 Å². The van der Waals surface area contributed by atoms with Gasteiger partial charge in [-0.3, -0.25) is 0 Å². The van der Waals surface area contributed by atoms with E-state index >= 15 is 0 Å². The maximum absolute atomic E-state index is 11.4. The molecule has 0 bridgehead atoms. The van der Waals surface area contributed by atoms with Crippen molar-refractivity contribution < 1.29 is 13.2 Å². The lowest BCUT2D eigenvalue weighted by atomic mass is 10.4. The van der Waals surface area contributed by atoms with Crippen LogP contribution in [0.15, 0.2) is 0 Å². The van der Waals surface area contributed by atoms with Crippen LogP contribution in [0.5, 0.6) is 0 Å². The number of thioether (sulfide) groups is 1. The first-order valence-corrected chi connectivity index (χ1v) is 5.19. The Morgan fingerprint density at radius 1 is 1.36 bits per heavy atom. The predicted octanol–water partition coefficient (Wildman–Crippen LogP) is 3.42. The number of rotatable bonds is 2. The molecule has 0 saturated heterocycles. The van der Waals surface area contributed by atoms with Gasteiger partial charge >= 0.3 is 5.51 Å². The minimum atomic E-state index is -4.21. The summed E-state index contributed by atoms with van der Waals surface area (Å²) in [6, 6.07) is 0. The quantitative estimate of drug-likeness (QED) is 0.325. The maximum atomic E-state index is 11.4. The van der Waals surface area contributed by atoms with Crippen LogP contribution in [0.3, 0.4) is 0 Å². The molecular weight excluding hydrogens is 288 g/mol. The van der Waals surface area contributed by atoms with E-state index in [0.717, 1.165) is 10.8 Å². The minimum absolute atomic E-state index is 0.280. The molecule has 11 heavy (non-hydrogen) atoms. The van der Waals surface area contributed by atoms with Gasteiger partial charge in [0, 0.05) is 22.6 Å². The second-order valence-corrected chi connectivity index (χ2v) is 3.57. The zero-order valence-electron chi connectivity index (χ0n) is 5.54. The predicted molar refractivity (Wildman–Crippen MR) is 49.5 cm³/mol. The molecule has 0 rings (SSSR count). The standard InChI is InChI=1S/C6H6F3IS/c7-6(8,9)11-5-3-1-2-4-10/h1-2,4H2. The number of alkyl halides is 4. The summed E-state index contributed by atoms with van der Waals surface area (Å²) in [6.07, 6.45) is 1.40. The lowest BCUT2D eigenvalue weighted by molar-refractivity contribution is -0.0318. The highest BCUT2D eigenvalue weighted by Crippen LogP contribution is 2.28. The molecule has 0 radical (unpaired) electrons. The van der Waals surface area contributed by atoms with Gasteiger partial charge in [-0.05, 0) is 11.7 Å². The first-order valence-electron chi connectivity index (χ1n) is 2.85. The molecule has 0 heterocycles. The van der Waals surface area contributed by atoms with Crippen molar-refractivity contribution in [2.45, 2.75) is 18.3 Å². The number of hydrogen-bond donors (Lipinski definition) is 0. The third-order valence-electron chi connectivity index (χ3n) is 0.674. The molecule has 0 aliphatic carbocycles. The summed E-state index contributed by atoms with van der Waals surface area (Å²) in [7, 11) is 0. The Bertz CT molecular complexity index is 155. The van der Waals surface area contributed by atoms with Gasteiger partial charge in [-0.15, -0.1) is 0 Å². The fourth-order valence-corrected chi connectivity index (χ4v) is 0.972. The average molecular weight is 294 g/mol. The van der Waals surface area contributed by atoms with Gasteiger partial charge in [-0.1, -0.05) is 28.5 Å². The Kier molecular flexibility index (Phi) is 6.24. The van der Waals surface area contributed by atoms with Crippen molar-refractivity contribution >= 4 is 34.4 Å². The minimum Gasteiger partial charge on any atom is -0.160 e. The molecule has 0 atom stereocenters. The van der Waals surface area contributed by atoms with Gasteiger partial charge in [0.25, 0.3) is 0 Å². The van der Waals surface area contributed by atoms with E-state index < -0.39 is 5.51 Å². The van der Waals surface area contributed by atoms with Crippen molar-refractivity contribution in [3.63, 3.8) is 0 Å². The first kappa shape index (κ1) is 11.4. The zero-order valence-corrected chi connectivity index (χ0v) is 8.52. The molecule has 0 saturated carbocycles. The van der Waals surface area contributed by atoms with Crippen molar-refractivity contribution in [2.24, 2.45) is 0 Å². The van der Waals surface area contributed by atoms with Gasteiger partial charge < -0.3 is 0 Å². The molecule has 0 unspecified atom stereocenters. The van der Waals surface area contributed by atoms with Crippen LogP contribution < -0.4 is 0 Å². The number of halogens is 4. The highest BCUT2D eigenvalue weighted by atomic mass is 127. The van der Waals surface area contributed by atoms with E-state index in [0.29, 0.717) is 6.42 Å². The van der Waals surface area contributed by atoms with E-state index in [4.69, 9.17) is 0 Å². The summed E-state index contributed by atoms with van der Waals surface area (Å²) < 4.78 is 35.2. The molecule has 5 heteroatoms. The van der Waals surface area contributed by atoms with Gasteiger partial charge in [0.1, 0.15) is 0 Å². The van der Waals surface area contributed by atoms with E-state index in [2.05, 4.69) is 28.5 Å². The average Bonchev–Trinajstić information content (AvgIpc) is 1.85. The van der Waals surface area contributed by atoms with E-state index in [1.54, 1.807) is 0 Å². The monoisotopic (exact) mass is 294 g/mol. The first-order chi connectivity index (χ1) is 5.06. The van der Waals surface area contributed by atoms with Gasteiger partial charge in [0.15, 0.2) is 0 Å². The Hall–Kier alpha value is 0.430. The molecule has 0 spiro atoms. The lowest BCUT2D eigenvalue weighted by Gasteiger charge is -1.95. The highest BCUT2D eigenvalue weighted by Gasteiger charge is 2.27. The normalized spacial score (nSPS) is 10.5. The van der Waals surface area contributed by atoms with Gasteiger partial charge in [-0.2, -0.15) is 13.2 Å². The Balaban J connectivity index is 3.41. The molecule has 0 nitrogen and oxygen atoms in total. The fourth-order valence-electron chi connectivity index (χ4n) is 0.300. The lowest BCUT2D eigenvalue weighted by Crippen LogP contribution is -1.96. The summed E-state index contributed by atoms with van der Waals surface area (Å²) >= 11 is 1.88. The van der Waals surface area contributed by atoms with Crippen LogP contribution in [0, 0.1) is 11.2 Å². The molecule has 0 amide bonds. The van der Waals surface area contributed by atoms with E-state index in [9.17, 15) is 13.2 Å². The molecule has 0 aliphatic heterocycles. The van der Waals surface area contributed by atoms with Crippen molar-refractivity contribution in [3.8, 4) is 11.2 Å².